The van der Waals surface area contributed by atoms with E-state index in [1.165, 1.54) is 6.21 Å². The lowest BCUT2D eigenvalue weighted by molar-refractivity contribution is 0.227. The van der Waals surface area contributed by atoms with Gasteiger partial charge in [-0.25, -0.2) is 0 Å². The summed E-state index contributed by atoms with van der Waals surface area (Å²) in [4.78, 5) is 0. The molecular weight excluding hydrogens is 246 g/mol. The number of hydrogen-bond donors (Lipinski definition) is 1. The highest BCUT2D eigenvalue weighted by molar-refractivity contribution is 6.32. The minimum Gasteiger partial charge on any atom is -0.484 e. The second-order valence-electron chi connectivity index (χ2n) is 4.00. The van der Waals surface area contributed by atoms with Gasteiger partial charge >= 0.3 is 0 Å². The Labute approximate surface area is 112 Å². The molecule has 1 N–H and O–H groups in total. The molecule has 2 nitrogen and oxygen atoms in total. The fourth-order valence-electron chi connectivity index (χ4n) is 1.68. The molecule has 0 aromatic heterocycles. The van der Waals surface area contributed by atoms with Crippen LogP contribution >= 0.6 is 11.6 Å². The maximum Gasteiger partial charge on any atom is 0.138 e. The third-order valence-electron chi connectivity index (χ3n) is 2.70. The maximum absolute atomic E-state index is 7.16. The Morgan fingerprint density at radius 2 is 1.89 bits per heavy atom. The Hall–Kier alpha value is -1.80. The van der Waals surface area contributed by atoms with Crippen LogP contribution in [0.25, 0.3) is 0 Å². The summed E-state index contributed by atoms with van der Waals surface area (Å²) >= 11 is 6.11. The number of ether oxygens (including phenoxy) is 1. The predicted octanol–water partition coefficient (Wildman–Crippen LogP) is 4.48. The van der Waals surface area contributed by atoms with Crippen LogP contribution in [0.1, 0.15) is 24.2 Å². The molecule has 0 fully saturated rings. The van der Waals surface area contributed by atoms with Crippen LogP contribution in [0.2, 0.25) is 5.02 Å². The van der Waals surface area contributed by atoms with Gasteiger partial charge in [-0.05, 0) is 36.2 Å². The van der Waals surface area contributed by atoms with Gasteiger partial charge in [0.2, 0.25) is 0 Å². The first kappa shape index (κ1) is 12.7. The monoisotopic (exact) mass is 259 g/mol. The molecule has 2 aromatic carbocycles. The van der Waals surface area contributed by atoms with E-state index < -0.39 is 0 Å². The molecule has 0 amide bonds. The lowest BCUT2D eigenvalue weighted by Gasteiger charge is -2.16. The van der Waals surface area contributed by atoms with Crippen molar-refractivity contribution in [1.29, 1.82) is 5.41 Å². The Bertz CT molecular complexity index is 539. The lowest BCUT2D eigenvalue weighted by Crippen LogP contribution is -2.03. The maximum atomic E-state index is 7.16. The van der Waals surface area contributed by atoms with Gasteiger partial charge in [-0.2, -0.15) is 0 Å². The second kappa shape index (κ2) is 5.69. The van der Waals surface area contributed by atoms with Crippen LogP contribution in [0.15, 0.2) is 48.5 Å². The first-order chi connectivity index (χ1) is 8.70. The highest BCUT2D eigenvalue weighted by Crippen LogP contribution is 2.29. The van der Waals surface area contributed by atoms with E-state index in [2.05, 4.69) is 0 Å². The van der Waals surface area contributed by atoms with Crippen LogP contribution in [0.3, 0.4) is 0 Å². The van der Waals surface area contributed by atoms with Crippen LogP contribution in [-0.2, 0) is 0 Å². The number of halogens is 1. The SMILES string of the molecule is C[C@@H](Oc1ccc(C=N)cc1Cl)c1ccccc1. The minimum atomic E-state index is -0.0606. The average molecular weight is 260 g/mol. The van der Waals surface area contributed by atoms with Crippen molar-refractivity contribution in [2.45, 2.75) is 13.0 Å². The molecule has 0 aliphatic carbocycles. The molecule has 0 saturated heterocycles. The molecule has 1 atom stereocenters. The van der Waals surface area contributed by atoms with Crippen LogP contribution in [0, 0.1) is 5.41 Å². The molecule has 18 heavy (non-hydrogen) atoms. The van der Waals surface area contributed by atoms with E-state index in [1.807, 2.05) is 43.3 Å². The molecule has 0 radical (unpaired) electrons. The zero-order valence-electron chi connectivity index (χ0n) is 10.1. The number of rotatable bonds is 4. The van der Waals surface area contributed by atoms with Gasteiger partial charge in [-0.3, -0.25) is 0 Å². The largest absolute Gasteiger partial charge is 0.484 e. The number of hydrogen-bond acceptors (Lipinski definition) is 2. The summed E-state index contributed by atoms with van der Waals surface area (Å²) in [5.41, 5.74) is 1.87. The third kappa shape index (κ3) is 2.90. The molecule has 2 rings (SSSR count). The summed E-state index contributed by atoms with van der Waals surface area (Å²) in [6.45, 7) is 1.98. The number of nitrogens with one attached hydrogen (secondary N) is 1. The third-order valence-corrected chi connectivity index (χ3v) is 2.99. The van der Waals surface area contributed by atoms with Gasteiger partial charge in [0.15, 0.2) is 0 Å². The van der Waals surface area contributed by atoms with Crippen molar-refractivity contribution in [3.05, 3.63) is 64.7 Å². The molecular formula is C15H14ClNO. The van der Waals surface area contributed by atoms with Gasteiger partial charge in [0.1, 0.15) is 11.9 Å². The smallest absolute Gasteiger partial charge is 0.138 e. The predicted molar refractivity (Wildman–Crippen MR) is 74.8 cm³/mol. The highest BCUT2D eigenvalue weighted by Gasteiger charge is 2.09. The zero-order chi connectivity index (χ0) is 13.0. The summed E-state index contributed by atoms with van der Waals surface area (Å²) < 4.78 is 5.82. The molecule has 3 heteroatoms. The Morgan fingerprint density at radius 1 is 1.17 bits per heavy atom. The Kier molecular flexibility index (Phi) is 4.00. The molecule has 0 unspecified atom stereocenters. The van der Waals surface area contributed by atoms with Crippen molar-refractivity contribution >= 4 is 17.8 Å². The lowest BCUT2D eigenvalue weighted by atomic mass is 10.1. The molecule has 0 bridgehead atoms. The molecule has 2 aromatic rings. The molecule has 0 aliphatic rings. The van der Waals surface area contributed by atoms with Crippen molar-refractivity contribution in [2.75, 3.05) is 0 Å². The zero-order valence-corrected chi connectivity index (χ0v) is 10.8. The van der Waals surface area contributed by atoms with Crippen molar-refractivity contribution in [3.8, 4) is 5.75 Å². The standard InChI is InChI=1S/C15H14ClNO/c1-11(13-5-3-2-4-6-13)18-15-8-7-12(10-17)9-14(15)16/h2-11,17H,1H3/t11-/m1/s1. The van der Waals surface area contributed by atoms with Crippen LogP contribution in [0.5, 0.6) is 5.75 Å². The van der Waals surface area contributed by atoms with Gasteiger partial charge in [0.25, 0.3) is 0 Å². The molecule has 0 spiro atoms. The summed E-state index contributed by atoms with van der Waals surface area (Å²) in [6.07, 6.45) is 1.20. The van der Waals surface area contributed by atoms with Crippen molar-refractivity contribution < 1.29 is 4.74 Å². The topological polar surface area (TPSA) is 33.1 Å². The van der Waals surface area contributed by atoms with E-state index in [9.17, 15) is 0 Å². The molecule has 92 valence electrons. The van der Waals surface area contributed by atoms with Gasteiger partial charge in [0, 0.05) is 6.21 Å². The molecule has 0 aliphatic heterocycles. The highest BCUT2D eigenvalue weighted by atomic mass is 35.5. The normalized spacial score (nSPS) is 11.9. The van der Waals surface area contributed by atoms with Crippen LogP contribution < -0.4 is 4.74 Å². The average Bonchev–Trinajstić information content (AvgIpc) is 2.42. The summed E-state index contributed by atoms with van der Waals surface area (Å²) in [6, 6.07) is 15.3. The van der Waals surface area contributed by atoms with Gasteiger partial charge in [0.05, 0.1) is 5.02 Å². The first-order valence-electron chi connectivity index (χ1n) is 5.72. The van der Waals surface area contributed by atoms with E-state index in [1.54, 1.807) is 12.1 Å². The van der Waals surface area contributed by atoms with Gasteiger partial charge in [-0.1, -0.05) is 41.9 Å². The Balaban J connectivity index is 2.17. The van der Waals surface area contributed by atoms with Crippen molar-refractivity contribution in [1.82, 2.24) is 0 Å². The van der Waals surface area contributed by atoms with E-state index in [4.69, 9.17) is 21.7 Å². The first-order valence-corrected chi connectivity index (χ1v) is 6.10. The van der Waals surface area contributed by atoms with Crippen molar-refractivity contribution in [3.63, 3.8) is 0 Å². The second-order valence-corrected chi connectivity index (χ2v) is 4.41. The van der Waals surface area contributed by atoms with Crippen molar-refractivity contribution in [2.24, 2.45) is 0 Å². The quantitative estimate of drug-likeness (QED) is 0.807. The summed E-state index contributed by atoms with van der Waals surface area (Å²) in [5, 5.41) is 7.69. The van der Waals surface area contributed by atoms with E-state index >= 15 is 0 Å². The number of benzene rings is 2. The Morgan fingerprint density at radius 3 is 2.50 bits per heavy atom. The fourth-order valence-corrected chi connectivity index (χ4v) is 1.92. The van der Waals surface area contributed by atoms with Crippen LogP contribution in [0.4, 0.5) is 0 Å². The van der Waals surface area contributed by atoms with Crippen LogP contribution in [-0.4, -0.2) is 6.21 Å². The van der Waals surface area contributed by atoms with E-state index in [0.717, 1.165) is 11.1 Å². The van der Waals surface area contributed by atoms with Gasteiger partial charge in [-0.15, -0.1) is 0 Å². The summed E-state index contributed by atoms with van der Waals surface area (Å²) in [7, 11) is 0. The fraction of sp³-hybridized carbons (Fsp3) is 0.133. The molecule has 0 saturated carbocycles. The molecule has 0 heterocycles. The van der Waals surface area contributed by atoms with E-state index in [0.29, 0.717) is 10.8 Å². The van der Waals surface area contributed by atoms with Gasteiger partial charge < -0.3 is 10.1 Å². The van der Waals surface area contributed by atoms with E-state index in [-0.39, 0.29) is 6.10 Å². The minimum absolute atomic E-state index is 0.0606. The summed E-state index contributed by atoms with van der Waals surface area (Å²) in [5.74, 6) is 0.638.